The number of benzene rings is 7. The van der Waals surface area contributed by atoms with Crippen LogP contribution in [0.3, 0.4) is 0 Å². The molecule has 19 rings (SSSR count). The van der Waals surface area contributed by atoms with Crippen LogP contribution < -0.4 is 27.4 Å². The smallest absolute Gasteiger partial charge is 0.236 e. The topological polar surface area (TPSA) is 49.7 Å². The Kier molecular flexibility index (Phi) is 19.9. The molecule has 12 nitrogen and oxygen atoms in total. The zero-order chi connectivity index (χ0) is 74.5. The van der Waals surface area contributed by atoms with Crippen LogP contribution in [0.2, 0.25) is 0 Å². The lowest BCUT2D eigenvalue weighted by Crippen LogP contribution is -2.30. The Balaban J connectivity index is 0.000000107. The summed E-state index contributed by atoms with van der Waals surface area (Å²) in [5.74, 6) is 8.03. The zero-order valence-corrected chi connectivity index (χ0v) is 65.5. The number of rotatable bonds is 6. The van der Waals surface area contributed by atoms with E-state index >= 15 is 0 Å². The van der Waals surface area contributed by atoms with Crippen molar-refractivity contribution in [2.24, 2.45) is 42.3 Å². The van der Waals surface area contributed by atoms with E-state index in [-0.39, 0.29) is 0 Å². The largest absolute Gasteiger partial charge is 0.261 e. The average molecular weight is 1400 g/mol. The van der Waals surface area contributed by atoms with Crippen LogP contribution in [0.4, 0.5) is 0 Å². The molecule has 0 aliphatic rings. The summed E-state index contributed by atoms with van der Waals surface area (Å²) >= 11 is 0. The second kappa shape index (κ2) is 29.6. The molecular formula is C94H104N12+6. The van der Waals surface area contributed by atoms with E-state index in [9.17, 15) is 0 Å². The van der Waals surface area contributed by atoms with Gasteiger partial charge in [-0.05, 0) is 145 Å². The van der Waals surface area contributed by atoms with Gasteiger partial charge in [0.15, 0.2) is 33.1 Å². The highest BCUT2D eigenvalue weighted by Gasteiger charge is 2.24. The van der Waals surface area contributed by atoms with E-state index in [1.165, 1.54) is 177 Å². The van der Waals surface area contributed by atoms with Crippen molar-refractivity contribution in [1.29, 1.82) is 0 Å². The molecule has 0 unspecified atom stereocenters. The Morgan fingerprint density at radius 1 is 0.255 bits per heavy atom. The number of aromatic nitrogens is 12. The predicted octanol–water partition coefficient (Wildman–Crippen LogP) is 17.9. The highest BCUT2D eigenvalue weighted by Crippen LogP contribution is 2.33. The number of para-hydroxylation sites is 1. The second-order valence-corrected chi connectivity index (χ2v) is 29.1. The number of aryl methyl sites for hydroxylation is 18. The fourth-order valence-corrected chi connectivity index (χ4v) is 16.6. The van der Waals surface area contributed by atoms with Crippen LogP contribution in [-0.4, -0.2) is 26.4 Å². The Hall–Kier alpha value is -11.5. The first kappa shape index (κ1) is 71.5. The first-order valence-electron chi connectivity index (χ1n) is 38.0. The molecule has 106 heavy (non-hydrogen) atoms. The monoisotopic (exact) mass is 1400 g/mol. The second-order valence-electron chi connectivity index (χ2n) is 29.1. The maximum absolute atomic E-state index is 2.44. The van der Waals surface area contributed by atoms with E-state index in [0.717, 1.165) is 38.5 Å². The lowest BCUT2D eigenvalue weighted by atomic mass is 10.0. The molecule has 534 valence electrons. The summed E-state index contributed by atoms with van der Waals surface area (Å²) in [7, 11) is 12.7. The SMILES string of the molecule is CCc1n2c(c[n+]1C)c1ccccc1c1cccc(C)c12.CCc1n2cc3c(C)cccc3cc2c[n+]1C.CCc1n2cc3cc(C)ccc3cc2c[n+]1C.CCc1n2cc3ccc(C)cc3cc2c[n+]1C.CCc1n2cc3cccc(C)c3cc2c[n+]1C.CCc1n2ccc3c(C)cccc3c2c[n+]1C. The van der Waals surface area contributed by atoms with E-state index in [2.05, 4.69) is 411 Å². The molecule has 0 saturated heterocycles. The van der Waals surface area contributed by atoms with Gasteiger partial charge in [-0.3, -0.25) is 0 Å². The third-order valence-corrected chi connectivity index (χ3v) is 21.9. The van der Waals surface area contributed by atoms with E-state index in [1.54, 1.807) is 0 Å². The van der Waals surface area contributed by atoms with Gasteiger partial charge < -0.3 is 0 Å². The summed E-state index contributed by atoms with van der Waals surface area (Å²) in [6.07, 6.45) is 30.7. The zero-order valence-electron chi connectivity index (χ0n) is 65.5. The Morgan fingerprint density at radius 3 is 1.24 bits per heavy atom. The standard InChI is InChI=1S/C19H19N2.5C15H17N2/c1-4-18-20(3)12-17-15-10-6-5-9-14(15)16-11-7-8-13(2)19(16)21(17)18;1-4-15-16(3)10-14-8-13-7-11(2)5-6-12(13)9-17(14)15;1-4-15-16(3)10-14-8-12-6-5-11(2)7-13(12)9-17(14)15;1-4-15-16(3)10-13-8-14-11(2)6-5-7-12(14)9-17(13)15;1-4-15-16(3)9-13-8-12-7-5-6-11(2)14(12)10-17(13)15;1-4-15-16(3)10-14-13-7-5-6-11(2)12(13)8-9-17(14)15/h5-12H,4H2,1-3H3;5*5-10H,4H2,1-3H3/q6*+1. The van der Waals surface area contributed by atoms with Crippen LogP contribution >= 0.6 is 0 Å². The number of hydrogen-bond donors (Lipinski definition) is 0. The van der Waals surface area contributed by atoms with Crippen molar-refractivity contribution in [2.75, 3.05) is 0 Å². The van der Waals surface area contributed by atoms with Crippen molar-refractivity contribution in [1.82, 2.24) is 26.4 Å². The van der Waals surface area contributed by atoms with Crippen LogP contribution in [0.5, 0.6) is 0 Å². The number of hydrogen-bond acceptors (Lipinski definition) is 0. The van der Waals surface area contributed by atoms with Gasteiger partial charge in [-0.2, -0.15) is 26.4 Å². The Morgan fingerprint density at radius 2 is 0.651 bits per heavy atom. The molecule has 0 bridgehead atoms. The maximum Gasteiger partial charge on any atom is 0.261 e. The third-order valence-electron chi connectivity index (χ3n) is 21.9. The van der Waals surface area contributed by atoms with E-state index in [0.29, 0.717) is 0 Å². The van der Waals surface area contributed by atoms with E-state index < -0.39 is 0 Å². The highest BCUT2D eigenvalue weighted by atomic mass is 15.1. The molecule has 0 radical (unpaired) electrons. The van der Waals surface area contributed by atoms with Crippen molar-refractivity contribution in [3.05, 3.63) is 300 Å². The van der Waals surface area contributed by atoms with Crippen molar-refractivity contribution < 1.29 is 27.4 Å². The fourth-order valence-electron chi connectivity index (χ4n) is 16.6. The molecule has 19 aromatic rings. The molecule has 0 atom stereocenters. The van der Waals surface area contributed by atoms with Crippen molar-refractivity contribution >= 4 is 109 Å². The molecule has 0 fully saturated rings. The number of nitrogens with zero attached hydrogens (tertiary/aromatic N) is 12. The van der Waals surface area contributed by atoms with Crippen LogP contribution in [0.25, 0.3) is 109 Å². The first-order valence-corrected chi connectivity index (χ1v) is 38.0. The Bertz CT molecular complexity index is 6530. The molecule has 0 spiro atoms. The molecule has 0 aliphatic heterocycles. The van der Waals surface area contributed by atoms with Gasteiger partial charge in [-0.1, -0.05) is 168 Å². The van der Waals surface area contributed by atoms with Gasteiger partial charge in [0, 0.05) is 76.2 Å². The molecule has 7 aromatic carbocycles. The van der Waals surface area contributed by atoms with Gasteiger partial charge in [-0.25, -0.2) is 27.4 Å². The van der Waals surface area contributed by atoms with Crippen molar-refractivity contribution in [3.8, 4) is 0 Å². The lowest BCUT2D eigenvalue weighted by Gasteiger charge is -2.07. The van der Waals surface area contributed by atoms with Crippen molar-refractivity contribution in [3.63, 3.8) is 0 Å². The predicted molar refractivity (Wildman–Crippen MR) is 439 cm³/mol. The molecule has 0 amide bonds. The summed E-state index contributed by atoms with van der Waals surface area (Å²) in [6, 6.07) is 59.3. The van der Waals surface area contributed by atoms with Gasteiger partial charge >= 0.3 is 0 Å². The van der Waals surface area contributed by atoms with Gasteiger partial charge in [-0.15, -0.1) is 0 Å². The summed E-state index contributed by atoms with van der Waals surface area (Å²) in [4.78, 5) is 0. The summed E-state index contributed by atoms with van der Waals surface area (Å²) in [6.45, 7) is 26.2. The minimum absolute atomic E-state index is 1.02. The number of imidazole rings is 6. The highest BCUT2D eigenvalue weighted by molar-refractivity contribution is 6.13. The van der Waals surface area contributed by atoms with Gasteiger partial charge in [0.2, 0.25) is 0 Å². The van der Waals surface area contributed by atoms with Crippen LogP contribution in [-0.2, 0) is 80.8 Å². The van der Waals surface area contributed by atoms with Gasteiger partial charge in [0.05, 0.1) is 48.5 Å². The van der Waals surface area contributed by atoms with Crippen LogP contribution in [0.1, 0.15) is 110 Å². The molecule has 12 heteroatoms. The summed E-state index contributed by atoms with van der Waals surface area (Å²) in [5.41, 5.74) is 17.0. The minimum Gasteiger partial charge on any atom is -0.236 e. The molecular weight excluding hydrogens is 1300 g/mol. The number of fused-ring (bicyclic) bond motifs is 17. The van der Waals surface area contributed by atoms with Gasteiger partial charge in [0.1, 0.15) is 67.5 Å². The van der Waals surface area contributed by atoms with E-state index in [1.807, 2.05) is 0 Å². The summed E-state index contributed by atoms with van der Waals surface area (Å²) < 4.78 is 27.2. The molecule has 12 aromatic heterocycles. The van der Waals surface area contributed by atoms with Crippen LogP contribution in [0, 0.1) is 41.5 Å². The maximum atomic E-state index is 2.44. The first-order chi connectivity index (χ1) is 51.2. The minimum atomic E-state index is 1.02. The fraction of sp³-hybridized carbons (Fsp3) is 0.255. The molecule has 0 saturated carbocycles. The van der Waals surface area contributed by atoms with Crippen LogP contribution in [0.15, 0.2) is 232 Å². The van der Waals surface area contributed by atoms with E-state index in [4.69, 9.17) is 0 Å². The average Bonchev–Trinajstić information content (AvgIpc) is 1.51. The summed E-state index contributed by atoms with van der Waals surface area (Å²) in [5, 5.41) is 17.2. The van der Waals surface area contributed by atoms with Gasteiger partial charge in [0.25, 0.3) is 34.9 Å². The third kappa shape index (κ3) is 13.2. The Labute approximate surface area is 623 Å². The quantitative estimate of drug-likeness (QED) is 0.118. The normalized spacial score (nSPS) is 11.5. The molecule has 0 N–H and O–H groups in total. The van der Waals surface area contributed by atoms with Crippen molar-refractivity contribution in [2.45, 2.75) is 122 Å². The molecule has 0 aliphatic carbocycles. The number of pyridine rings is 6. The molecule has 12 heterocycles. The lowest BCUT2D eigenvalue weighted by molar-refractivity contribution is -0.677.